The number of nitriles is 1. The summed E-state index contributed by atoms with van der Waals surface area (Å²) in [5.74, 6) is 0. The maximum absolute atomic E-state index is 10.1. The largest absolute Gasteiger partial charge is 0.269 e. The summed E-state index contributed by atoms with van der Waals surface area (Å²) < 4.78 is 0. The molecule has 0 spiro atoms. The molecule has 1 rings (SSSR count). The second-order valence-electron chi connectivity index (χ2n) is 1.92. The Balaban J connectivity index is 3.03. The average Bonchev–Trinajstić information content (AvgIpc) is 2.05. The molecule has 1 aromatic rings. The number of nitro groups is 1. The molecular weight excluding hydrogens is 146 g/mol. The van der Waals surface area contributed by atoms with Crippen LogP contribution in [0.3, 0.4) is 0 Å². The van der Waals surface area contributed by atoms with E-state index in [1.807, 2.05) is 6.07 Å². The fourth-order valence-electron chi connectivity index (χ4n) is 0.658. The van der Waals surface area contributed by atoms with Crippen molar-refractivity contribution >= 4 is 5.69 Å². The lowest BCUT2D eigenvalue weighted by Gasteiger charge is -1.88. The third kappa shape index (κ3) is 1.52. The van der Waals surface area contributed by atoms with Gasteiger partial charge in [0.25, 0.3) is 5.69 Å². The van der Waals surface area contributed by atoms with Crippen LogP contribution in [0.4, 0.5) is 5.69 Å². The van der Waals surface area contributed by atoms with E-state index in [-0.39, 0.29) is 5.69 Å². The number of hydrogen-bond acceptors (Lipinski definition) is 3. The minimum atomic E-state index is -0.499. The molecule has 4 heteroatoms. The fourth-order valence-corrected chi connectivity index (χ4v) is 0.658. The predicted octanol–water partition coefficient (Wildman–Crippen LogP) is 1.47. The molecule has 1 aromatic carbocycles. The summed E-state index contributed by atoms with van der Waals surface area (Å²) in [6, 6.07) is 7.31. The Bertz CT molecular complexity index is 310. The Labute approximate surface area is 62.8 Å². The first-order valence-electron chi connectivity index (χ1n) is 2.88. The minimum absolute atomic E-state index is 0.00370. The fraction of sp³-hybridized carbons (Fsp3) is 0. The van der Waals surface area contributed by atoms with Gasteiger partial charge in [-0.1, -0.05) is 0 Å². The van der Waals surface area contributed by atoms with Crippen molar-refractivity contribution in [3.8, 4) is 6.07 Å². The van der Waals surface area contributed by atoms with Gasteiger partial charge in [-0.25, -0.2) is 0 Å². The smallest absolute Gasteiger partial charge is 0.258 e. The number of non-ortho nitro benzene ring substituents is 1. The highest BCUT2D eigenvalue weighted by atomic mass is 16.6. The number of rotatable bonds is 1. The van der Waals surface area contributed by atoms with Crippen molar-refractivity contribution in [2.24, 2.45) is 0 Å². The van der Waals surface area contributed by atoms with E-state index in [0.717, 1.165) is 0 Å². The zero-order valence-corrected chi connectivity index (χ0v) is 5.52. The molecule has 0 bridgehead atoms. The van der Waals surface area contributed by atoms with E-state index in [0.29, 0.717) is 5.56 Å². The summed E-state index contributed by atoms with van der Waals surface area (Å²) in [7, 11) is 0. The molecule has 0 fully saturated rings. The van der Waals surface area contributed by atoms with Crippen molar-refractivity contribution in [2.75, 3.05) is 0 Å². The maximum atomic E-state index is 10.1. The van der Waals surface area contributed by atoms with Gasteiger partial charge in [0.15, 0.2) is 0 Å². The summed E-state index contributed by atoms with van der Waals surface area (Å²) >= 11 is 0. The molecule has 0 aliphatic carbocycles. The molecule has 11 heavy (non-hydrogen) atoms. The van der Waals surface area contributed by atoms with E-state index < -0.39 is 4.92 Å². The van der Waals surface area contributed by atoms with Gasteiger partial charge in [-0.3, -0.25) is 10.1 Å². The summed E-state index contributed by atoms with van der Waals surface area (Å²) in [6.07, 6.45) is 0. The number of benzene rings is 1. The molecule has 54 valence electrons. The Kier molecular flexibility index (Phi) is 1.83. The van der Waals surface area contributed by atoms with Crippen LogP contribution < -0.4 is 0 Å². The minimum Gasteiger partial charge on any atom is -0.258 e. The standard InChI is InChI=1S/C7H4N2O2/c8-5-6-1-3-7(4-2-6)9(10)11/h1-4H/i5+1,8+1. The lowest BCUT2D eigenvalue weighted by molar-refractivity contribution is -0.384. The number of nitrogens with zero attached hydrogens (tertiary/aromatic N) is 2. The van der Waals surface area contributed by atoms with Gasteiger partial charge in [-0.05, 0) is 12.1 Å². The quantitative estimate of drug-likeness (QED) is 0.263. The third-order valence-electron chi connectivity index (χ3n) is 1.21. The Hall–Kier alpha value is -1.89. The van der Waals surface area contributed by atoms with Crippen molar-refractivity contribution in [1.29, 1.82) is 5.26 Å². The van der Waals surface area contributed by atoms with Crippen molar-refractivity contribution in [3.63, 3.8) is 0 Å². The first kappa shape index (κ1) is 7.22. The van der Waals surface area contributed by atoms with Crippen LogP contribution in [0.15, 0.2) is 24.3 Å². The van der Waals surface area contributed by atoms with Crippen molar-refractivity contribution in [1.82, 2.24) is 0 Å². The maximum Gasteiger partial charge on any atom is 0.269 e. The topological polar surface area (TPSA) is 66.9 Å². The summed E-state index contributed by atoms with van der Waals surface area (Å²) in [6.45, 7) is 0. The molecule has 0 amide bonds. The van der Waals surface area contributed by atoms with Crippen LogP contribution in [-0.2, 0) is 0 Å². The molecule has 0 aliphatic heterocycles. The first-order chi connectivity index (χ1) is 5.24. The van der Waals surface area contributed by atoms with Gasteiger partial charge >= 0.3 is 0 Å². The number of hydrogen-bond donors (Lipinski definition) is 0. The second kappa shape index (κ2) is 2.80. The molecular formula is C7H4N2O2. The van der Waals surface area contributed by atoms with Crippen molar-refractivity contribution in [3.05, 3.63) is 39.9 Å². The Morgan fingerprint density at radius 1 is 1.36 bits per heavy atom. The molecule has 0 radical (unpaired) electrons. The van der Waals surface area contributed by atoms with Gasteiger partial charge in [-0.15, -0.1) is 0 Å². The van der Waals surface area contributed by atoms with E-state index in [4.69, 9.17) is 5.26 Å². The number of nitro benzene ring substituents is 1. The van der Waals surface area contributed by atoms with Crippen LogP contribution in [0.5, 0.6) is 0 Å². The Morgan fingerprint density at radius 2 is 1.91 bits per heavy atom. The van der Waals surface area contributed by atoms with Crippen molar-refractivity contribution < 1.29 is 4.92 Å². The van der Waals surface area contributed by atoms with Crippen LogP contribution in [0.25, 0.3) is 0 Å². The first-order valence-corrected chi connectivity index (χ1v) is 2.88. The lowest BCUT2D eigenvalue weighted by atomic mass is 10.3. The van der Waals surface area contributed by atoms with Crippen LogP contribution in [0.1, 0.15) is 5.56 Å². The monoisotopic (exact) mass is 150 g/mol. The zero-order chi connectivity index (χ0) is 8.27. The van der Waals surface area contributed by atoms with Gasteiger partial charge in [-0.2, -0.15) is 5.26 Å². The molecule has 0 aromatic heterocycles. The normalized spacial score (nSPS) is 8.64. The van der Waals surface area contributed by atoms with E-state index in [1.54, 1.807) is 0 Å². The van der Waals surface area contributed by atoms with Gasteiger partial charge in [0.2, 0.25) is 0 Å². The van der Waals surface area contributed by atoms with Gasteiger partial charge in [0.05, 0.1) is 16.6 Å². The van der Waals surface area contributed by atoms with Crippen molar-refractivity contribution in [2.45, 2.75) is 0 Å². The van der Waals surface area contributed by atoms with Gasteiger partial charge < -0.3 is 0 Å². The zero-order valence-electron chi connectivity index (χ0n) is 5.52. The summed E-state index contributed by atoms with van der Waals surface area (Å²) in [4.78, 5) is 9.62. The van der Waals surface area contributed by atoms with E-state index in [2.05, 4.69) is 0 Å². The highest BCUT2D eigenvalue weighted by molar-refractivity contribution is 5.38. The van der Waals surface area contributed by atoms with Crippen LogP contribution in [0, 0.1) is 21.4 Å². The summed E-state index contributed by atoms with van der Waals surface area (Å²) in [5.41, 5.74) is 0.430. The highest BCUT2D eigenvalue weighted by Crippen LogP contribution is 2.10. The Morgan fingerprint density at radius 3 is 2.27 bits per heavy atom. The van der Waals surface area contributed by atoms with Gasteiger partial charge in [0, 0.05) is 12.1 Å². The third-order valence-corrected chi connectivity index (χ3v) is 1.21. The van der Waals surface area contributed by atoms with E-state index in [1.165, 1.54) is 24.3 Å². The molecule has 0 atom stereocenters. The molecule has 0 unspecified atom stereocenters. The second-order valence-corrected chi connectivity index (χ2v) is 1.92. The van der Waals surface area contributed by atoms with Crippen LogP contribution >= 0.6 is 0 Å². The highest BCUT2D eigenvalue weighted by Gasteiger charge is 2.02. The molecule has 4 nitrogen and oxygen atoms in total. The average molecular weight is 150 g/mol. The van der Waals surface area contributed by atoms with Gasteiger partial charge in [0.1, 0.15) is 0 Å². The molecule has 0 aliphatic rings. The molecule has 0 N–H and O–H groups in total. The predicted molar refractivity (Wildman–Crippen MR) is 37.8 cm³/mol. The van der Waals surface area contributed by atoms with E-state index >= 15 is 0 Å². The SMILES string of the molecule is [15N]#[13C]c1ccc([N+](=O)[O-])cc1. The van der Waals surface area contributed by atoms with Crippen LogP contribution in [-0.4, -0.2) is 4.92 Å². The molecule has 0 saturated carbocycles. The van der Waals surface area contributed by atoms with Crippen LogP contribution in [0.2, 0.25) is 0 Å². The molecule has 0 saturated heterocycles. The molecule has 0 heterocycles. The van der Waals surface area contributed by atoms with E-state index in [9.17, 15) is 10.1 Å². The lowest BCUT2D eigenvalue weighted by Crippen LogP contribution is -1.86. The summed E-state index contributed by atoms with van der Waals surface area (Å²) in [5, 5.41) is 18.5.